The molecule has 1 aromatic rings. The molecule has 0 aliphatic carbocycles. The molecule has 0 N–H and O–H groups in total. The highest BCUT2D eigenvalue weighted by Gasteiger charge is 2.24. The minimum Gasteiger partial charge on any atom is -0.303 e. The molecule has 14 heavy (non-hydrogen) atoms. The van der Waals surface area contributed by atoms with Crippen molar-refractivity contribution in [3.8, 4) is 0 Å². The van der Waals surface area contributed by atoms with E-state index >= 15 is 0 Å². The van der Waals surface area contributed by atoms with E-state index in [-0.39, 0.29) is 0 Å². The third-order valence-electron chi connectivity index (χ3n) is 1.55. The second-order valence-corrected chi connectivity index (χ2v) is 2.37. The molecule has 0 radical (unpaired) electrons. The summed E-state index contributed by atoms with van der Waals surface area (Å²) >= 11 is 0. The molecule has 1 rings (SSSR count). The van der Waals surface area contributed by atoms with Crippen molar-refractivity contribution in [1.82, 2.24) is 0 Å². The van der Waals surface area contributed by atoms with Crippen LogP contribution in [0.1, 0.15) is 6.93 Å². The second-order valence-electron chi connectivity index (χ2n) is 2.37. The summed E-state index contributed by atoms with van der Waals surface area (Å²) in [5, 5.41) is 0. The van der Waals surface area contributed by atoms with Crippen LogP contribution in [0.2, 0.25) is 0 Å². The van der Waals surface area contributed by atoms with E-state index in [2.05, 4.69) is 0 Å². The van der Waals surface area contributed by atoms with Crippen LogP contribution in [-0.4, -0.2) is 6.26 Å². The second kappa shape index (κ2) is 3.73. The van der Waals surface area contributed by atoms with Gasteiger partial charge in [-0.25, -0.2) is 22.0 Å². The van der Waals surface area contributed by atoms with Crippen LogP contribution in [0.4, 0.5) is 22.0 Å². The van der Waals surface area contributed by atoms with Gasteiger partial charge >= 0.3 is 0 Å². The highest BCUT2D eigenvalue weighted by atomic mass is 19.2. The van der Waals surface area contributed by atoms with E-state index in [0.717, 1.165) is 0 Å². The Morgan fingerprint density at radius 2 is 1.29 bits per heavy atom. The first-order valence-electron chi connectivity index (χ1n) is 3.86. The van der Waals surface area contributed by atoms with Crippen LogP contribution in [0.3, 0.4) is 0 Å². The quantitative estimate of drug-likeness (QED) is 0.317. The van der Waals surface area contributed by atoms with Crippen LogP contribution in [0.5, 0.6) is 0 Å². The van der Waals surface area contributed by atoms with E-state index in [1.165, 1.54) is 0 Å². The number of aldehydes is 1. The zero-order chi connectivity index (χ0) is 11.7. The number of hydrogen-bond donors (Lipinski definition) is 0. The van der Waals surface area contributed by atoms with Gasteiger partial charge < -0.3 is 4.79 Å². The summed E-state index contributed by atoms with van der Waals surface area (Å²) in [4.78, 5) is 10.2. The summed E-state index contributed by atoms with van der Waals surface area (Å²) in [7, 11) is 0. The van der Waals surface area contributed by atoms with Gasteiger partial charge in [-0.15, -0.1) is 0 Å². The topological polar surface area (TPSA) is 17.1 Å². The van der Waals surface area contributed by atoms with Crippen molar-refractivity contribution in [2.24, 2.45) is 0 Å². The predicted octanol–water partition coefficient (Wildman–Crippen LogP) is 2.12. The Balaban J connectivity index is 3.45. The lowest BCUT2D eigenvalue weighted by atomic mass is 10.1. The molecule has 1 nitrogen and oxygen atoms in total. The summed E-state index contributed by atoms with van der Waals surface area (Å²) in [5.74, 6) is -10.7. The number of halogens is 5. The minimum absolute atomic E-state index is 1.16. The van der Waals surface area contributed by atoms with E-state index < -0.39 is 47.3 Å². The molecule has 0 spiro atoms. The highest BCUT2D eigenvalue weighted by Crippen LogP contribution is 2.22. The van der Waals surface area contributed by atoms with Crippen LogP contribution < -0.4 is 0 Å². The normalized spacial score (nSPS) is 11.4. The van der Waals surface area contributed by atoms with Crippen molar-refractivity contribution in [3.05, 3.63) is 34.6 Å². The molecule has 0 saturated carbocycles. The van der Waals surface area contributed by atoms with Crippen molar-refractivity contribution in [1.29, 1.82) is 0 Å². The summed E-state index contributed by atoms with van der Waals surface area (Å²) < 4.78 is 69.5. The van der Waals surface area contributed by atoms with Gasteiger partial charge in [0.2, 0.25) is 5.82 Å². The van der Waals surface area contributed by atoms with E-state index in [4.69, 9.17) is 1.37 Å². The van der Waals surface area contributed by atoms with E-state index in [0.29, 0.717) is 0 Å². The number of carbonyl (C=O) groups is 1. The average Bonchev–Trinajstić information content (AvgIpc) is 2.18. The Morgan fingerprint density at radius 1 is 0.929 bits per heavy atom. The summed E-state index contributed by atoms with van der Waals surface area (Å²) in [6.45, 7) is 0. The molecule has 0 heterocycles. The molecule has 0 atom stereocenters. The van der Waals surface area contributed by atoms with Crippen LogP contribution >= 0.6 is 0 Å². The molecule has 0 saturated heterocycles. The van der Waals surface area contributed by atoms with Crippen LogP contribution in [0.25, 0.3) is 0 Å². The molecular weight excluding hydrogens is 207 g/mol. The lowest BCUT2D eigenvalue weighted by molar-refractivity contribution is -0.107. The highest BCUT2D eigenvalue weighted by molar-refractivity contribution is 5.55. The SMILES string of the molecule is [3H]C(=O)Cc1c(F)c(F)c(F)c(F)c1F. The maximum absolute atomic E-state index is 12.8. The monoisotopic (exact) mass is 212 g/mol. The van der Waals surface area contributed by atoms with Gasteiger partial charge in [-0.2, -0.15) is 0 Å². The number of benzene rings is 1. The zero-order valence-electron chi connectivity index (χ0n) is 7.51. The molecule has 0 aromatic heterocycles. The third kappa shape index (κ3) is 1.47. The molecule has 6 heteroatoms. The maximum atomic E-state index is 12.8. The number of carbonyl (C=O) groups excluding carboxylic acids is 1. The molecule has 0 fully saturated rings. The molecule has 76 valence electrons. The average molecular weight is 212 g/mol. The fourth-order valence-electron chi connectivity index (χ4n) is 0.878. The van der Waals surface area contributed by atoms with E-state index in [9.17, 15) is 26.7 Å². The van der Waals surface area contributed by atoms with Gasteiger partial charge in [0.25, 0.3) is 0 Å². The fraction of sp³-hybridized carbons (Fsp3) is 0.125. The zero-order valence-corrected chi connectivity index (χ0v) is 6.51. The van der Waals surface area contributed by atoms with Gasteiger partial charge in [0.15, 0.2) is 23.3 Å². The standard InChI is InChI=1S/C8H3F5O/c9-4-3(1-2-14)5(10)7(12)8(13)6(4)11/h2H,1H2/i2T. The molecule has 0 amide bonds. The van der Waals surface area contributed by atoms with Gasteiger partial charge in [0, 0.05) is 12.0 Å². The van der Waals surface area contributed by atoms with Crippen molar-refractivity contribution in [3.63, 3.8) is 0 Å². The lowest BCUT2D eigenvalue weighted by Crippen LogP contribution is -2.07. The molecule has 0 aliphatic rings. The third-order valence-corrected chi connectivity index (χ3v) is 1.55. The van der Waals surface area contributed by atoms with Crippen LogP contribution in [-0.2, 0) is 11.2 Å². The first kappa shape index (κ1) is 9.11. The molecule has 0 unspecified atom stereocenters. The minimum atomic E-state index is -2.29. The van der Waals surface area contributed by atoms with Gasteiger partial charge in [-0.3, -0.25) is 0 Å². The van der Waals surface area contributed by atoms with E-state index in [1.807, 2.05) is 0 Å². The van der Waals surface area contributed by atoms with Gasteiger partial charge in [-0.1, -0.05) is 0 Å². The van der Waals surface area contributed by atoms with Crippen molar-refractivity contribution < 1.29 is 28.1 Å². The van der Waals surface area contributed by atoms with Crippen LogP contribution in [0.15, 0.2) is 0 Å². The van der Waals surface area contributed by atoms with Gasteiger partial charge in [0.1, 0.15) is 7.63 Å². The molecule has 1 aromatic carbocycles. The largest absolute Gasteiger partial charge is 0.303 e. The van der Waals surface area contributed by atoms with E-state index in [1.54, 1.807) is 0 Å². The van der Waals surface area contributed by atoms with Crippen molar-refractivity contribution >= 4 is 6.26 Å². The lowest BCUT2D eigenvalue weighted by Gasteiger charge is -2.04. The molecule has 0 bridgehead atoms. The Bertz CT molecular complexity index is 403. The first-order chi connectivity index (χ1) is 6.86. The smallest absolute Gasteiger partial charge is 0.200 e. The van der Waals surface area contributed by atoms with Gasteiger partial charge in [0.05, 0.1) is 0 Å². The Morgan fingerprint density at radius 3 is 1.64 bits per heavy atom. The molecular formula is C8H3F5O. The number of rotatable bonds is 2. The molecule has 0 aliphatic heterocycles. The van der Waals surface area contributed by atoms with Crippen molar-refractivity contribution in [2.45, 2.75) is 6.42 Å². The summed E-state index contributed by atoms with van der Waals surface area (Å²) in [6, 6.07) is 0. The predicted molar refractivity (Wildman–Crippen MR) is 36.0 cm³/mol. The maximum Gasteiger partial charge on any atom is 0.200 e. The van der Waals surface area contributed by atoms with Crippen LogP contribution in [0, 0.1) is 29.1 Å². The Kier molecular flexibility index (Phi) is 2.43. The first-order valence-corrected chi connectivity index (χ1v) is 3.36. The Hall–Kier alpha value is -1.46. The Labute approximate surface area is 76.6 Å². The van der Waals surface area contributed by atoms with Gasteiger partial charge in [-0.05, 0) is 0 Å². The fourth-order valence-corrected chi connectivity index (χ4v) is 0.878. The number of hydrogen-bond acceptors (Lipinski definition) is 1. The summed E-state index contributed by atoms with van der Waals surface area (Å²) in [5.41, 5.74) is -1.29. The summed E-state index contributed by atoms with van der Waals surface area (Å²) in [6.07, 6.45) is -2.61. The van der Waals surface area contributed by atoms with Crippen molar-refractivity contribution in [2.75, 3.05) is 0 Å².